The molecule has 0 atom stereocenters. The molecule has 1 aliphatic carbocycles. The Balaban J connectivity index is 1.74. The van der Waals surface area contributed by atoms with Crippen molar-refractivity contribution in [3.05, 3.63) is 34.0 Å². The SMILES string of the molecule is CCOC(=O)c1c(NC(=S)NCc2ccnn2C)sc2c1CCCC2. The number of aryl methyl sites for hydroxylation is 2. The molecule has 2 heterocycles. The molecule has 0 bridgehead atoms. The van der Waals surface area contributed by atoms with Crippen LogP contribution in [0, 0.1) is 0 Å². The van der Waals surface area contributed by atoms with Crippen molar-refractivity contribution in [3.63, 3.8) is 0 Å². The van der Waals surface area contributed by atoms with E-state index in [1.165, 1.54) is 11.3 Å². The molecule has 0 amide bonds. The van der Waals surface area contributed by atoms with Gasteiger partial charge in [0.15, 0.2) is 5.11 Å². The van der Waals surface area contributed by atoms with Gasteiger partial charge < -0.3 is 15.4 Å². The van der Waals surface area contributed by atoms with E-state index in [1.807, 2.05) is 20.0 Å². The fourth-order valence-corrected chi connectivity index (χ4v) is 4.49. The highest BCUT2D eigenvalue weighted by Gasteiger charge is 2.26. The zero-order valence-corrected chi connectivity index (χ0v) is 16.1. The quantitative estimate of drug-likeness (QED) is 0.616. The summed E-state index contributed by atoms with van der Waals surface area (Å²) in [6.45, 7) is 2.76. The molecular weight excluding hydrogens is 356 g/mol. The minimum Gasteiger partial charge on any atom is -0.462 e. The number of fused-ring (bicyclic) bond motifs is 1. The van der Waals surface area contributed by atoms with Gasteiger partial charge in [-0.15, -0.1) is 11.3 Å². The predicted octanol–water partition coefficient (Wildman–Crippen LogP) is 3.02. The molecule has 25 heavy (non-hydrogen) atoms. The largest absolute Gasteiger partial charge is 0.462 e. The van der Waals surface area contributed by atoms with Crippen molar-refractivity contribution >= 4 is 39.6 Å². The van der Waals surface area contributed by atoms with Gasteiger partial charge in [-0.2, -0.15) is 5.10 Å². The number of ether oxygens (including phenoxy) is 1. The number of hydrogen-bond acceptors (Lipinski definition) is 5. The summed E-state index contributed by atoms with van der Waals surface area (Å²) >= 11 is 7.02. The van der Waals surface area contributed by atoms with E-state index in [2.05, 4.69) is 15.7 Å². The topological polar surface area (TPSA) is 68.2 Å². The van der Waals surface area contributed by atoms with Crippen LogP contribution in [0.25, 0.3) is 0 Å². The molecule has 0 aromatic carbocycles. The monoisotopic (exact) mass is 378 g/mol. The second-order valence-corrected chi connectivity index (χ2v) is 7.40. The van der Waals surface area contributed by atoms with E-state index >= 15 is 0 Å². The van der Waals surface area contributed by atoms with E-state index in [0.717, 1.165) is 35.5 Å². The first-order valence-electron chi connectivity index (χ1n) is 8.43. The molecule has 0 radical (unpaired) electrons. The number of esters is 1. The molecule has 0 fully saturated rings. The lowest BCUT2D eigenvalue weighted by Crippen LogP contribution is -2.29. The Morgan fingerprint density at radius 1 is 1.44 bits per heavy atom. The summed E-state index contributed by atoms with van der Waals surface area (Å²) < 4.78 is 7.06. The lowest BCUT2D eigenvalue weighted by atomic mass is 9.95. The predicted molar refractivity (Wildman–Crippen MR) is 103 cm³/mol. The number of rotatable bonds is 5. The van der Waals surface area contributed by atoms with Crippen molar-refractivity contribution < 1.29 is 9.53 Å². The second-order valence-electron chi connectivity index (χ2n) is 5.89. The maximum Gasteiger partial charge on any atom is 0.341 e. The second kappa shape index (κ2) is 7.97. The summed E-state index contributed by atoms with van der Waals surface area (Å²) in [5.74, 6) is -0.265. The molecule has 2 aromatic rings. The minimum absolute atomic E-state index is 0.265. The van der Waals surface area contributed by atoms with Gasteiger partial charge in [-0.25, -0.2) is 4.79 Å². The van der Waals surface area contributed by atoms with Gasteiger partial charge in [0.2, 0.25) is 0 Å². The molecule has 2 N–H and O–H groups in total. The van der Waals surface area contributed by atoms with Gasteiger partial charge in [0.25, 0.3) is 0 Å². The number of aromatic nitrogens is 2. The van der Waals surface area contributed by atoms with Gasteiger partial charge in [0.05, 0.1) is 24.4 Å². The molecule has 8 heteroatoms. The Kier molecular flexibility index (Phi) is 5.70. The third kappa shape index (κ3) is 4.01. The van der Waals surface area contributed by atoms with Crippen molar-refractivity contribution in [3.8, 4) is 0 Å². The molecule has 2 aromatic heterocycles. The molecule has 1 aliphatic rings. The van der Waals surface area contributed by atoms with E-state index in [-0.39, 0.29) is 5.97 Å². The lowest BCUT2D eigenvalue weighted by molar-refractivity contribution is 0.0526. The molecule has 0 spiro atoms. The van der Waals surface area contributed by atoms with Crippen LogP contribution >= 0.6 is 23.6 Å². The molecule has 6 nitrogen and oxygen atoms in total. The van der Waals surface area contributed by atoms with E-state index < -0.39 is 0 Å². The van der Waals surface area contributed by atoms with Gasteiger partial charge in [0.1, 0.15) is 5.00 Å². The van der Waals surface area contributed by atoms with Crippen molar-refractivity contribution in [2.75, 3.05) is 11.9 Å². The lowest BCUT2D eigenvalue weighted by Gasteiger charge is -2.13. The number of hydrogen-bond donors (Lipinski definition) is 2. The summed E-state index contributed by atoms with van der Waals surface area (Å²) in [5.41, 5.74) is 2.82. The number of nitrogens with one attached hydrogen (secondary N) is 2. The number of carbonyl (C=O) groups is 1. The summed E-state index contributed by atoms with van der Waals surface area (Å²) in [4.78, 5) is 13.7. The highest BCUT2D eigenvalue weighted by atomic mass is 32.1. The van der Waals surface area contributed by atoms with Gasteiger partial charge in [-0.1, -0.05) is 0 Å². The zero-order chi connectivity index (χ0) is 17.8. The van der Waals surface area contributed by atoms with Crippen molar-refractivity contribution in [1.29, 1.82) is 0 Å². The first kappa shape index (κ1) is 17.9. The van der Waals surface area contributed by atoms with Crippen LogP contribution in [0.3, 0.4) is 0 Å². The molecule has 0 aliphatic heterocycles. The van der Waals surface area contributed by atoms with Crippen molar-refractivity contribution in [2.45, 2.75) is 39.2 Å². The summed E-state index contributed by atoms with van der Waals surface area (Å²) in [7, 11) is 1.89. The Bertz CT molecular complexity index is 782. The maximum atomic E-state index is 12.4. The third-order valence-corrected chi connectivity index (χ3v) is 5.68. The fourth-order valence-electron chi connectivity index (χ4n) is 2.97. The van der Waals surface area contributed by atoms with Crippen LogP contribution in [0.4, 0.5) is 5.00 Å². The van der Waals surface area contributed by atoms with Crippen LogP contribution in [0.5, 0.6) is 0 Å². The van der Waals surface area contributed by atoms with Crippen LogP contribution in [0.15, 0.2) is 12.3 Å². The van der Waals surface area contributed by atoms with Crippen LogP contribution < -0.4 is 10.6 Å². The Hall–Kier alpha value is -1.93. The Morgan fingerprint density at radius 2 is 2.24 bits per heavy atom. The first-order chi connectivity index (χ1) is 12.1. The van der Waals surface area contributed by atoms with E-state index in [1.54, 1.807) is 22.2 Å². The van der Waals surface area contributed by atoms with Crippen LogP contribution in [-0.2, 0) is 31.2 Å². The van der Waals surface area contributed by atoms with Gasteiger partial charge in [0, 0.05) is 18.1 Å². The number of thiophene rings is 1. The van der Waals surface area contributed by atoms with Crippen molar-refractivity contribution in [1.82, 2.24) is 15.1 Å². The highest BCUT2D eigenvalue weighted by molar-refractivity contribution is 7.80. The first-order valence-corrected chi connectivity index (χ1v) is 9.66. The summed E-state index contributed by atoms with van der Waals surface area (Å²) in [6, 6.07) is 1.93. The van der Waals surface area contributed by atoms with E-state index in [9.17, 15) is 4.79 Å². The molecular formula is C17H22N4O2S2. The summed E-state index contributed by atoms with van der Waals surface area (Å²) in [5, 5.41) is 11.8. The van der Waals surface area contributed by atoms with Gasteiger partial charge in [-0.05, 0) is 56.5 Å². The molecule has 134 valence electrons. The highest BCUT2D eigenvalue weighted by Crippen LogP contribution is 2.38. The Labute approximate surface area is 156 Å². The Morgan fingerprint density at radius 3 is 2.96 bits per heavy atom. The molecule has 0 saturated carbocycles. The molecule has 0 unspecified atom stereocenters. The van der Waals surface area contributed by atoms with Crippen LogP contribution in [0.2, 0.25) is 0 Å². The summed E-state index contributed by atoms with van der Waals surface area (Å²) in [6.07, 6.45) is 5.97. The van der Waals surface area contributed by atoms with Gasteiger partial charge in [-0.3, -0.25) is 4.68 Å². The number of carbonyl (C=O) groups excluding carboxylic acids is 1. The van der Waals surface area contributed by atoms with E-state index in [0.29, 0.717) is 23.8 Å². The molecule has 3 rings (SSSR count). The third-order valence-electron chi connectivity index (χ3n) is 4.23. The molecule has 0 saturated heterocycles. The van der Waals surface area contributed by atoms with Gasteiger partial charge >= 0.3 is 5.97 Å². The zero-order valence-electron chi connectivity index (χ0n) is 14.4. The normalized spacial score (nSPS) is 13.2. The minimum atomic E-state index is -0.265. The van der Waals surface area contributed by atoms with E-state index in [4.69, 9.17) is 17.0 Å². The number of thiocarbonyl (C=S) groups is 1. The van der Waals surface area contributed by atoms with Crippen LogP contribution in [0.1, 0.15) is 46.3 Å². The average Bonchev–Trinajstić information content (AvgIpc) is 3.16. The standard InChI is InChI=1S/C17H22N4O2S2/c1-3-23-16(22)14-12-6-4-5-7-13(12)25-15(14)20-17(24)18-10-11-8-9-19-21(11)2/h8-9H,3-7,10H2,1-2H3,(H2,18,20,24). The van der Waals surface area contributed by atoms with Crippen molar-refractivity contribution in [2.24, 2.45) is 7.05 Å². The smallest absolute Gasteiger partial charge is 0.341 e. The average molecular weight is 379 g/mol. The number of anilines is 1. The van der Waals surface area contributed by atoms with Crippen LogP contribution in [-0.4, -0.2) is 27.5 Å². The maximum absolute atomic E-state index is 12.4. The fraction of sp³-hybridized carbons (Fsp3) is 0.471. The number of nitrogens with zero attached hydrogens (tertiary/aromatic N) is 2.